The van der Waals surface area contributed by atoms with Crippen LogP contribution in [0.3, 0.4) is 0 Å². The molecule has 0 spiro atoms. The molecule has 4 atom stereocenters. The van der Waals surface area contributed by atoms with Crippen LogP contribution in [0.5, 0.6) is 11.5 Å². The third kappa shape index (κ3) is 5.85. The van der Waals surface area contributed by atoms with Crippen LogP contribution in [0, 0.1) is 0 Å². The van der Waals surface area contributed by atoms with E-state index in [0.717, 1.165) is 0 Å². The minimum absolute atomic E-state index is 0.00724. The van der Waals surface area contributed by atoms with Crippen molar-refractivity contribution in [2.75, 3.05) is 25.0 Å². The van der Waals surface area contributed by atoms with Crippen LogP contribution >= 0.6 is 0 Å². The lowest BCUT2D eigenvalue weighted by atomic mass is 9.84. The molecule has 3 N–H and O–H groups in total. The minimum atomic E-state index is -4.53. The first-order chi connectivity index (χ1) is 17.0. The van der Waals surface area contributed by atoms with Gasteiger partial charge in [0.1, 0.15) is 30.3 Å². The van der Waals surface area contributed by atoms with Crippen molar-refractivity contribution in [3.63, 3.8) is 0 Å². The number of aliphatic hydroxyl groups is 1. The molecule has 2 aromatic rings. The summed E-state index contributed by atoms with van der Waals surface area (Å²) in [4.78, 5) is 12.0. The van der Waals surface area contributed by atoms with E-state index in [2.05, 4.69) is 4.72 Å². The van der Waals surface area contributed by atoms with Crippen LogP contribution in [-0.4, -0.2) is 64.2 Å². The third-order valence-electron chi connectivity index (χ3n) is 6.00. The summed E-state index contributed by atoms with van der Waals surface area (Å²) >= 11 is 0. The van der Waals surface area contributed by atoms with Gasteiger partial charge < -0.3 is 24.6 Å². The number of carbonyl (C=O) groups is 1. The lowest BCUT2D eigenvalue weighted by Gasteiger charge is -2.37. The fraction of sp³-hybridized carbons (Fsp3) is 0.435. The molecule has 2 aliphatic heterocycles. The van der Waals surface area contributed by atoms with Gasteiger partial charge in [-0.15, -0.1) is 0 Å². The maximum absolute atomic E-state index is 12.9. The second-order valence-corrected chi connectivity index (χ2v) is 10.2. The Balaban J connectivity index is 1.51. The Kier molecular flexibility index (Phi) is 7.34. The number of hydrogen-bond acceptors (Lipinski definition) is 7. The van der Waals surface area contributed by atoms with Gasteiger partial charge in [-0.1, -0.05) is 6.07 Å². The van der Waals surface area contributed by atoms with E-state index >= 15 is 0 Å². The number of nitrogens with one attached hydrogen (secondary N) is 2. The quantitative estimate of drug-likeness (QED) is 0.479. The van der Waals surface area contributed by atoms with Crippen molar-refractivity contribution in [3.05, 3.63) is 48.0 Å². The van der Waals surface area contributed by atoms with E-state index < -0.39 is 53.6 Å². The van der Waals surface area contributed by atoms with Gasteiger partial charge in [0.15, 0.2) is 0 Å². The number of halogens is 3. The van der Waals surface area contributed by atoms with Gasteiger partial charge in [0.2, 0.25) is 5.91 Å². The maximum atomic E-state index is 12.9. The number of rotatable bonds is 8. The molecule has 2 aliphatic rings. The fourth-order valence-electron chi connectivity index (χ4n) is 4.41. The SMILES string of the molecule is COc1cccc(S(=O)(=O)Nc2ccc3c(c2)[C@@H]2C[C@@H](CC(=O)NCC(F)(F)F)O[C@@H](CO)[C@@H]2O3)c1. The van der Waals surface area contributed by atoms with Crippen molar-refractivity contribution in [1.82, 2.24) is 5.32 Å². The van der Waals surface area contributed by atoms with E-state index in [1.54, 1.807) is 24.3 Å². The molecule has 0 radical (unpaired) electrons. The molecular weight excluding hydrogens is 505 g/mol. The van der Waals surface area contributed by atoms with E-state index in [1.807, 2.05) is 5.32 Å². The number of aliphatic hydroxyl groups excluding tert-OH is 1. The molecule has 36 heavy (non-hydrogen) atoms. The number of benzene rings is 2. The average Bonchev–Trinajstić information content (AvgIpc) is 3.19. The number of sulfonamides is 1. The number of ether oxygens (including phenoxy) is 3. The Labute approximate surface area is 205 Å². The summed E-state index contributed by atoms with van der Waals surface area (Å²) in [5, 5.41) is 11.6. The van der Waals surface area contributed by atoms with Gasteiger partial charge >= 0.3 is 6.18 Å². The lowest BCUT2D eigenvalue weighted by molar-refractivity contribution is -0.149. The van der Waals surface area contributed by atoms with Gasteiger partial charge in [-0.05, 0) is 36.8 Å². The number of carbonyl (C=O) groups excluding carboxylic acids is 1. The highest BCUT2D eigenvalue weighted by Crippen LogP contribution is 2.47. The van der Waals surface area contributed by atoms with Gasteiger partial charge in [-0.25, -0.2) is 8.42 Å². The first-order valence-electron chi connectivity index (χ1n) is 11.1. The maximum Gasteiger partial charge on any atom is 0.405 e. The molecule has 2 aromatic carbocycles. The minimum Gasteiger partial charge on any atom is -0.497 e. The topological polar surface area (TPSA) is 123 Å². The van der Waals surface area contributed by atoms with Gasteiger partial charge in [-0.2, -0.15) is 13.2 Å². The molecule has 0 bridgehead atoms. The van der Waals surface area contributed by atoms with E-state index in [0.29, 0.717) is 17.1 Å². The van der Waals surface area contributed by atoms with Gasteiger partial charge in [0.05, 0.1) is 31.1 Å². The standard InChI is InChI=1S/C23H25F3N2O7S/c1-33-14-3-2-4-16(8-14)36(31,32)28-13-5-6-19-17(7-13)18-9-15(34-20(11-29)22(18)35-19)10-21(30)27-12-23(24,25)26/h2-8,15,18,20,22,28-29H,9-12H2,1H3,(H,27,30)/t15-,18-,20-,22+/m0/s1. The second kappa shape index (κ2) is 10.1. The zero-order chi connectivity index (χ0) is 26.1. The van der Waals surface area contributed by atoms with Gasteiger partial charge in [-0.3, -0.25) is 9.52 Å². The molecule has 1 fully saturated rings. The summed E-state index contributed by atoms with van der Waals surface area (Å²) in [6.07, 6.45) is -6.79. The molecule has 9 nitrogen and oxygen atoms in total. The van der Waals surface area contributed by atoms with Crippen molar-refractivity contribution < 1.29 is 45.7 Å². The molecule has 1 saturated heterocycles. The number of amides is 1. The van der Waals surface area contributed by atoms with E-state index in [9.17, 15) is 31.5 Å². The Morgan fingerprint density at radius 1 is 1.22 bits per heavy atom. The highest BCUT2D eigenvalue weighted by atomic mass is 32.2. The van der Waals surface area contributed by atoms with Crippen molar-refractivity contribution in [2.45, 2.75) is 48.1 Å². The average molecular weight is 531 g/mol. The lowest BCUT2D eigenvalue weighted by Crippen LogP contribution is -2.47. The number of methoxy groups -OCH3 is 1. The van der Waals surface area contributed by atoms with Crippen molar-refractivity contribution >= 4 is 21.6 Å². The molecule has 196 valence electrons. The van der Waals surface area contributed by atoms with Crippen LogP contribution in [0.1, 0.15) is 24.3 Å². The Morgan fingerprint density at radius 3 is 2.69 bits per heavy atom. The zero-order valence-corrected chi connectivity index (χ0v) is 19.9. The molecule has 13 heteroatoms. The number of alkyl halides is 3. The normalized spacial score (nSPS) is 23.2. The molecular formula is C23H25F3N2O7S. The molecule has 0 unspecified atom stereocenters. The summed E-state index contributed by atoms with van der Waals surface area (Å²) in [7, 11) is -2.51. The monoisotopic (exact) mass is 530 g/mol. The molecule has 4 rings (SSSR count). The fourth-order valence-corrected chi connectivity index (χ4v) is 5.50. The highest BCUT2D eigenvalue weighted by Gasteiger charge is 2.46. The Hall–Kier alpha value is -3.03. The van der Waals surface area contributed by atoms with Crippen LogP contribution in [0.25, 0.3) is 0 Å². The van der Waals surface area contributed by atoms with Crippen molar-refractivity contribution in [2.24, 2.45) is 0 Å². The smallest absolute Gasteiger partial charge is 0.405 e. The van der Waals surface area contributed by atoms with Crippen LogP contribution in [0.4, 0.5) is 18.9 Å². The third-order valence-corrected chi connectivity index (χ3v) is 7.38. The van der Waals surface area contributed by atoms with Gasteiger partial charge in [0.25, 0.3) is 10.0 Å². The summed E-state index contributed by atoms with van der Waals surface area (Å²) in [5.41, 5.74) is 0.917. The molecule has 0 aromatic heterocycles. The van der Waals surface area contributed by atoms with Crippen LogP contribution in [-0.2, 0) is 19.6 Å². The summed E-state index contributed by atoms with van der Waals surface area (Å²) < 4.78 is 82.2. The highest BCUT2D eigenvalue weighted by molar-refractivity contribution is 7.92. The number of fused-ring (bicyclic) bond motifs is 3. The Bertz CT molecular complexity index is 1220. The number of anilines is 1. The second-order valence-electron chi connectivity index (χ2n) is 8.54. The molecule has 0 aliphatic carbocycles. The van der Waals surface area contributed by atoms with Crippen LogP contribution in [0.15, 0.2) is 47.4 Å². The van der Waals surface area contributed by atoms with Crippen molar-refractivity contribution in [3.8, 4) is 11.5 Å². The largest absolute Gasteiger partial charge is 0.497 e. The van der Waals surface area contributed by atoms with Gasteiger partial charge in [0, 0.05) is 23.2 Å². The zero-order valence-electron chi connectivity index (χ0n) is 19.1. The van der Waals surface area contributed by atoms with E-state index in [4.69, 9.17) is 14.2 Å². The van der Waals surface area contributed by atoms with Crippen LogP contribution in [0.2, 0.25) is 0 Å². The first-order valence-corrected chi connectivity index (χ1v) is 12.5. The van der Waals surface area contributed by atoms with Crippen molar-refractivity contribution in [1.29, 1.82) is 0 Å². The Morgan fingerprint density at radius 2 is 2.00 bits per heavy atom. The van der Waals surface area contributed by atoms with E-state index in [1.165, 1.54) is 25.3 Å². The van der Waals surface area contributed by atoms with Crippen LogP contribution < -0.4 is 19.5 Å². The predicted octanol–water partition coefficient (Wildman–Crippen LogP) is 2.56. The molecule has 1 amide bonds. The molecule has 0 saturated carbocycles. The van der Waals surface area contributed by atoms with E-state index in [-0.39, 0.29) is 29.3 Å². The predicted molar refractivity (Wildman–Crippen MR) is 121 cm³/mol. The summed E-state index contributed by atoms with van der Waals surface area (Å²) in [5.74, 6) is -0.344. The molecule has 2 heterocycles. The first kappa shape index (κ1) is 26.0. The summed E-state index contributed by atoms with van der Waals surface area (Å²) in [6.45, 7) is -1.87. The number of hydrogen-bond donors (Lipinski definition) is 3. The summed E-state index contributed by atoms with van der Waals surface area (Å²) in [6, 6.07) is 10.7.